The minimum Gasteiger partial charge on any atom is -0.303 e. The molecule has 0 heterocycles. The smallest absolute Gasteiger partial charge is 0.123 e. The Balaban J connectivity index is 2.40. The Morgan fingerprint density at radius 2 is 2.30 bits per heavy atom. The van der Waals surface area contributed by atoms with Gasteiger partial charge in [0.2, 0.25) is 0 Å². The standard InChI is InChI=1S/C9H12O/c1-2-8-4-3-5-9(6-8)7-10/h1,7-9H,3-6H2. The van der Waals surface area contributed by atoms with Crippen molar-refractivity contribution in [3.8, 4) is 12.3 Å². The van der Waals surface area contributed by atoms with Crippen LogP contribution in [0.15, 0.2) is 0 Å². The van der Waals surface area contributed by atoms with E-state index in [2.05, 4.69) is 5.92 Å². The Morgan fingerprint density at radius 3 is 2.90 bits per heavy atom. The van der Waals surface area contributed by atoms with Crippen molar-refractivity contribution >= 4 is 6.29 Å². The van der Waals surface area contributed by atoms with Crippen LogP contribution in [0.2, 0.25) is 0 Å². The molecule has 1 nitrogen and oxygen atoms in total. The summed E-state index contributed by atoms with van der Waals surface area (Å²) in [6.45, 7) is 0. The third kappa shape index (κ3) is 1.60. The van der Waals surface area contributed by atoms with Crippen LogP contribution in [0.1, 0.15) is 25.7 Å². The Hall–Kier alpha value is -0.770. The molecule has 1 aliphatic carbocycles. The highest BCUT2D eigenvalue weighted by Gasteiger charge is 2.19. The molecule has 1 rings (SSSR count). The van der Waals surface area contributed by atoms with Gasteiger partial charge in [0.1, 0.15) is 6.29 Å². The fourth-order valence-electron chi connectivity index (χ4n) is 1.50. The molecule has 1 saturated carbocycles. The summed E-state index contributed by atoms with van der Waals surface area (Å²) in [7, 11) is 0. The highest BCUT2D eigenvalue weighted by molar-refractivity contribution is 5.53. The molecule has 1 fully saturated rings. The molecule has 0 aromatic carbocycles. The monoisotopic (exact) mass is 136 g/mol. The van der Waals surface area contributed by atoms with Gasteiger partial charge in [-0.1, -0.05) is 6.42 Å². The van der Waals surface area contributed by atoms with E-state index in [1.165, 1.54) is 0 Å². The van der Waals surface area contributed by atoms with Crippen molar-refractivity contribution in [1.82, 2.24) is 0 Å². The lowest BCUT2D eigenvalue weighted by atomic mass is 9.83. The molecule has 2 atom stereocenters. The molecular formula is C9H12O. The Kier molecular flexibility index (Phi) is 2.50. The van der Waals surface area contributed by atoms with Crippen LogP contribution in [0, 0.1) is 24.2 Å². The summed E-state index contributed by atoms with van der Waals surface area (Å²) in [6, 6.07) is 0. The average molecular weight is 136 g/mol. The first-order valence-electron chi connectivity index (χ1n) is 3.78. The van der Waals surface area contributed by atoms with Gasteiger partial charge in [0, 0.05) is 11.8 Å². The van der Waals surface area contributed by atoms with E-state index in [0.29, 0.717) is 5.92 Å². The van der Waals surface area contributed by atoms with Gasteiger partial charge in [-0.25, -0.2) is 0 Å². The molecule has 2 unspecified atom stereocenters. The average Bonchev–Trinajstić information content (AvgIpc) is 2.05. The highest BCUT2D eigenvalue weighted by Crippen LogP contribution is 2.26. The third-order valence-electron chi connectivity index (χ3n) is 2.14. The number of terminal acetylenes is 1. The van der Waals surface area contributed by atoms with Gasteiger partial charge in [0.15, 0.2) is 0 Å². The second kappa shape index (κ2) is 3.41. The van der Waals surface area contributed by atoms with Gasteiger partial charge in [-0.05, 0) is 19.3 Å². The first-order chi connectivity index (χ1) is 4.86. The minimum atomic E-state index is 0.245. The Bertz CT molecular complexity index is 155. The van der Waals surface area contributed by atoms with Crippen LogP contribution in [0.5, 0.6) is 0 Å². The van der Waals surface area contributed by atoms with E-state index in [0.717, 1.165) is 32.0 Å². The van der Waals surface area contributed by atoms with E-state index in [1.807, 2.05) is 0 Å². The summed E-state index contributed by atoms with van der Waals surface area (Å²) in [4.78, 5) is 10.4. The number of carbonyl (C=O) groups excluding carboxylic acids is 1. The molecule has 0 spiro atoms. The SMILES string of the molecule is C#CC1CCCC(C=O)C1. The van der Waals surface area contributed by atoms with Crippen molar-refractivity contribution in [1.29, 1.82) is 0 Å². The van der Waals surface area contributed by atoms with Crippen LogP contribution < -0.4 is 0 Å². The Labute approximate surface area is 61.8 Å². The van der Waals surface area contributed by atoms with Crippen molar-refractivity contribution in [2.45, 2.75) is 25.7 Å². The molecule has 0 bridgehead atoms. The summed E-state index contributed by atoms with van der Waals surface area (Å²) in [5, 5.41) is 0. The molecule has 10 heavy (non-hydrogen) atoms. The zero-order chi connectivity index (χ0) is 7.40. The first-order valence-corrected chi connectivity index (χ1v) is 3.78. The zero-order valence-electron chi connectivity index (χ0n) is 6.05. The fourth-order valence-corrected chi connectivity index (χ4v) is 1.50. The summed E-state index contributed by atoms with van der Waals surface area (Å²) in [6.07, 6.45) is 10.5. The van der Waals surface area contributed by atoms with Crippen molar-refractivity contribution in [2.24, 2.45) is 11.8 Å². The molecule has 0 saturated heterocycles. The van der Waals surface area contributed by atoms with E-state index in [1.54, 1.807) is 0 Å². The van der Waals surface area contributed by atoms with Gasteiger partial charge in [0.25, 0.3) is 0 Å². The lowest BCUT2D eigenvalue weighted by Gasteiger charge is -2.21. The topological polar surface area (TPSA) is 17.1 Å². The molecule has 0 aliphatic heterocycles. The number of carbonyl (C=O) groups is 1. The third-order valence-corrected chi connectivity index (χ3v) is 2.14. The van der Waals surface area contributed by atoms with Gasteiger partial charge in [-0.3, -0.25) is 0 Å². The number of hydrogen-bond acceptors (Lipinski definition) is 1. The number of aldehydes is 1. The van der Waals surface area contributed by atoms with E-state index in [9.17, 15) is 4.79 Å². The summed E-state index contributed by atoms with van der Waals surface area (Å²) in [5.41, 5.74) is 0. The van der Waals surface area contributed by atoms with Crippen LogP contribution in [-0.2, 0) is 4.79 Å². The van der Waals surface area contributed by atoms with Crippen LogP contribution in [0.25, 0.3) is 0 Å². The largest absolute Gasteiger partial charge is 0.303 e. The van der Waals surface area contributed by atoms with Crippen molar-refractivity contribution in [3.63, 3.8) is 0 Å². The predicted octanol–water partition coefficient (Wildman–Crippen LogP) is 1.62. The lowest BCUT2D eigenvalue weighted by molar-refractivity contribution is -0.112. The predicted molar refractivity (Wildman–Crippen MR) is 40.3 cm³/mol. The first kappa shape index (κ1) is 7.34. The second-order valence-corrected chi connectivity index (χ2v) is 2.93. The highest BCUT2D eigenvalue weighted by atomic mass is 16.1. The van der Waals surface area contributed by atoms with Gasteiger partial charge < -0.3 is 4.79 Å². The molecule has 1 heteroatoms. The molecule has 0 radical (unpaired) electrons. The van der Waals surface area contributed by atoms with Crippen molar-refractivity contribution in [2.75, 3.05) is 0 Å². The number of rotatable bonds is 1. The minimum absolute atomic E-state index is 0.245. The van der Waals surface area contributed by atoms with E-state index < -0.39 is 0 Å². The van der Waals surface area contributed by atoms with Gasteiger partial charge >= 0.3 is 0 Å². The quantitative estimate of drug-likeness (QED) is 0.395. The van der Waals surface area contributed by atoms with Gasteiger partial charge in [0.05, 0.1) is 0 Å². The molecule has 0 amide bonds. The second-order valence-electron chi connectivity index (χ2n) is 2.93. The normalized spacial score (nSPS) is 32.7. The lowest BCUT2D eigenvalue weighted by Crippen LogP contribution is -2.14. The van der Waals surface area contributed by atoms with E-state index in [4.69, 9.17) is 6.42 Å². The maximum absolute atomic E-state index is 10.4. The van der Waals surface area contributed by atoms with Crippen LogP contribution >= 0.6 is 0 Å². The molecule has 54 valence electrons. The van der Waals surface area contributed by atoms with Crippen LogP contribution in [-0.4, -0.2) is 6.29 Å². The van der Waals surface area contributed by atoms with E-state index in [-0.39, 0.29) is 5.92 Å². The summed E-state index contributed by atoms with van der Waals surface area (Å²) >= 11 is 0. The molecular weight excluding hydrogens is 124 g/mol. The van der Waals surface area contributed by atoms with E-state index >= 15 is 0 Å². The van der Waals surface area contributed by atoms with Gasteiger partial charge in [-0.2, -0.15) is 0 Å². The number of hydrogen-bond donors (Lipinski definition) is 0. The zero-order valence-corrected chi connectivity index (χ0v) is 6.05. The van der Waals surface area contributed by atoms with Crippen LogP contribution in [0.4, 0.5) is 0 Å². The molecule has 0 aromatic heterocycles. The summed E-state index contributed by atoms with van der Waals surface area (Å²) < 4.78 is 0. The maximum atomic E-state index is 10.4. The fraction of sp³-hybridized carbons (Fsp3) is 0.667. The Morgan fingerprint density at radius 1 is 1.50 bits per heavy atom. The maximum Gasteiger partial charge on any atom is 0.123 e. The molecule has 0 aromatic rings. The van der Waals surface area contributed by atoms with Crippen LogP contribution in [0.3, 0.4) is 0 Å². The molecule has 1 aliphatic rings. The molecule has 0 N–H and O–H groups in total. The van der Waals surface area contributed by atoms with Gasteiger partial charge in [-0.15, -0.1) is 12.3 Å². The van der Waals surface area contributed by atoms with Crippen molar-refractivity contribution in [3.05, 3.63) is 0 Å². The van der Waals surface area contributed by atoms with Crippen molar-refractivity contribution < 1.29 is 4.79 Å². The summed E-state index contributed by atoms with van der Waals surface area (Å²) in [5.74, 6) is 3.32.